The lowest BCUT2D eigenvalue weighted by Gasteiger charge is -2.10. The third kappa shape index (κ3) is 5.40. The summed E-state index contributed by atoms with van der Waals surface area (Å²) in [5, 5.41) is 11.5. The fraction of sp³-hybridized carbons (Fsp3) is 0.467. The van der Waals surface area contributed by atoms with Gasteiger partial charge in [-0.3, -0.25) is 9.59 Å². The number of aliphatic carboxylic acids is 1. The van der Waals surface area contributed by atoms with Crippen molar-refractivity contribution in [1.82, 2.24) is 10.2 Å². The van der Waals surface area contributed by atoms with Crippen LogP contribution in [0.15, 0.2) is 24.3 Å². The number of carbonyl (C=O) groups is 2. The molecule has 5 nitrogen and oxygen atoms in total. The van der Waals surface area contributed by atoms with Crippen LogP contribution < -0.4 is 5.32 Å². The van der Waals surface area contributed by atoms with Crippen LogP contribution in [0.1, 0.15) is 29.3 Å². The summed E-state index contributed by atoms with van der Waals surface area (Å²) in [6, 6.07) is 7.42. The molecule has 0 fully saturated rings. The summed E-state index contributed by atoms with van der Waals surface area (Å²) >= 11 is 0. The van der Waals surface area contributed by atoms with Gasteiger partial charge in [-0.2, -0.15) is 0 Å². The molecule has 1 aromatic carbocycles. The van der Waals surface area contributed by atoms with Gasteiger partial charge in [0.1, 0.15) is 0 Å². The lowest BCUT2D eigenvalue weighted by atomic mass is 10.1. The van der Waals surface area contributed by atoms with E-state index in [2.05, 4.69) is 10.2 Å². The molecule has 110 valence electrons. The second kappa shape index (κ2) is 7.65. The van der Waals surface area contributed by atoms with E-state index in [1.54, 1.807) is 19.1 Å². The normalized spacial score (nSPS) is 12.2. The molecule has 0 aliphatic rings. The minimum absolute atomic E-state index is 0.168. The van der Waals surface area contributed by atoms with Crippen LogP contribution in [0.3, 0.4) is 0 Å². The number of hydrogen-bond acceptors (Lipinski definition) is 3. The topological polar surface area (TPSA) is 69.6 Å². The molecule has 20 heavy (non-hydrogen) atoms. The number of carboxylic acids is 1. The Bertz CT molecular complexity index is 455. The first kappa shape index (κ1) is 16.2. The Balaban J connectivity index is 2.45. The third-order valence-corrected chi connectivity index (χ3v) is 3.00. The second-order valence-electron chi connectivity index (χ2n) is 5.22. The minimum atomic E-state index is -0.840. The minimum Gasteiger partial charge on any atom is -0.481 e. The predicted molar refractivity (Wildman–Crippen MR) is 77.6 cm³/mol. The van der Waals surface area contributed by atoms with E-state index in [-0.39, 0.29) is 5.91 Å². The van der Waals surface area contributed by atoms with Gasteiger partial charge in [-0.05, 0) is 38.2 Å². The van der Waals surface area contributed by atoms with Crippen LogP contribution in [-0.2, 0) is 11.3 Å². The molecule has 0 bridgehead atoms. The van der Waals surface area contributed by atoms with Crippen LogP contribution in [0, 0.1) is 5.92 Å². The largest absolute Gasteiger partial charge is 0.481 e. The van der Waals surface area contributed by atoms with E-state index in [0.717, 1.165) is 12.1 Å². The summed E-state index contributed by atoms with van der Waals surface area (Å²) in [5.74, 6) is -1.45. The zero-order valence-corrected chi connectivity index (χ0v) is 12.2. The van der Waals surface area contributed by atoms with Crippen LogP contribution >= 0.6 is 0 Å². The van der Waals surface area contributed by atoms with Crippen molar-refractivity contribution in [2.24, 2.45) is 5.92 Å². The van der Waals surface area contributed by atoms with E-state index in [9.17, 15) is 9.59 Å². The molecule has 0 saturated heterocycles. The lowest BCUT2D eigenvalue weighted by Crippen LogP contribution is -2.27. The molecule has 1 amide bonds. The Morgan fingerprint density at radius 3 is 2.35 bits per heavy atom. The molecule has 1 rings (SSSR count). The van der Waals surface area contributed by atoms with Crippen LogP contribution in [0.4, 0.5) is 0 Å². The Hall–Kier alpha value is -1.88. The number of rotatable bonds is 7. The predicted octanol–water partition coefficient (Wildman–Crippen LogP) is 1.59. The summed E-state index contributed by atoms with van der Waals surface area (Å²) in [6.07, 6.45) is 0.430. The highest BCUT2D eigenvalue weighted by molar-refractivity contribution is 5.94. The molecule has 0 aliphatic heterocycles. The molecular formula is C15H22N2O3. The van der Waals surface area contributed by atoms with Crippen molar-refractivity contribution >= 4 is 11.9 Å². The summed E-state index contributed by atoms with van der Waals surface area (Å²) in [6.45, 7) is 2.83. The number of nitrogens with zero attached hydrogens (tertiary/aromatic N) is 1. The van der Waals surface area contributed by atoms with Gasteiger partial charge in [0, 0.05) is 18.7 Å². The van der Waals surface area contributed by atoms with Crippen molar-refractivity contribution in [3.63, 3.8) is 0 Å². The van der Waals surface area contributed by atoms with E-state index in [1.807, 2.05) is 26.2 Å². The Kier molecular flexibility index (Phi) is 6.18. The molecule has 1 unspecified atom stereocenters. The fourth-order valence-corrected chi connectivity index (χ4v) is 1.75. The molecule has 0 aliphatic carbocycles. The average Bonchev–Trinajstić information content (AvgIpc) is 2.38. The highest BCUT2D eigenvalue weighted by Crippen LogP contribution is 2.06. The van der Waals surface area contributed by atoms with Crippen molar-refractivity contribution in [2.45, 2.75) is 19.9 Å². The molecule has 0 aromatic heterocycles. The number of carboxylic acid groups (broad SMARTS) is 1. The highest BCUT2D eigenvalue weighted by atomic mass is 16.4. The molecule has 1 atom stereocenters. The van der Waals surface area contributed by atoms with Gasteiger partial charge in [-0.15, -0.1) is 0 Å². The molecular weight excluding hydrogens is 256 g/mol. The lowest BCUT2D eigenvalue weighted by molar-refractivity contribution is -0.141. The Morgan fingerprint density at radius 2 is 1.85 bits per heavy atom. The highest BCUT2D eigenvalue weighted by Gasteiger charge is 2.11. The van der Waals surface area contributed by atoms with Gasteiger partial charge in [0.15, 0.2) is 0 Å². The van der Waals surface area contributed by atoms with Crippen molar-refractivity contribution < 1.29 is 14.7 Å². The molecule has 0 radical (unpaired) electrons. The number of amides is 1. The van der Waals surface area contributed by atoms with Crippen LogP contribution in [0.2, 0.25) is 0 Å². The molecule has 0 saturated carbocycles. The van der Waals surface area contributed by atoms with Crippen LogP contribution in [0.5, 0.6) is 0 Å². The first-order valence-electron chi connectivity index (χ1n) is 6.65. The Labute approximate surface area is 119 Å². The van der Waals surface area contributed by atoms with Gasteiger partial charge in [-0.25, -0.2) is 0 Å². The summed E-state index contributed by atoms with van der Waals surface area (Å²) in [5.41, 5.74) is 1.74. The molecule has 2 N–H and O–H groups in total. The number of carbonyl (C=O) groups excluding carboxylic acids is 1. The van der Waals surface area contributed by atoms with E-state index in [1.165, 1.54) is 0 Å². The van der Waals surface area contributed by atoms with Crippen molar-refractivity contribution in [3.8, 4) is 0 Å². The van der Waals surface area contributed by atoms with Crippen LogP contribution in [0.25, 0.3) is 0 Å². The molecule has 0 spiro atoms. The van der Waals surface area contributed by atoms with E-state index >= 15 is 0 Å². The Morgan fingerprint density at radius 1 is 1.25 bits per heavy atom. The molecule has 5 heteroatoms. The monoisotopic (exact) mass is 278 g/mol. The maximum atomic E-state index is 11.9. The van der Waals surface area contributed by atoms with Gasteiger partial charge in [-0.1, -0.05) is 19.1 Å². The zero-order chi connectivity index (χ0) is 15.1. The summed E-state index contributed by atoms with van der Waals surface area (Å²) in [4.78, 5) is 24.6. The third-order valence-electron chi connectivity index (χ3n) is 3.00. The fourth-order valence-electron chi connectivity index (χ4n) is 1.75. The van der Waals surface area contributed by atoms with Crippen molar-refractivity contribution in [1.29, 1.82) is 0 Å². The quantitative estimate of drug-likeness (QED) is 0.794. The SMILES string of the molecule is CC(CCNC(=O)c1ccc(CN(C)C)cc1)C(=O)O. The average molecular weight is 278 g/mol. The molecule has 1 aromatic rings. The number of hydrogen-bond donors (Lipinski definition) is 2. The van der Waals surface area contributed by atoms with Gasteiger partial charge in [0.05, 0.1) is 5.92 Å². The zero-order valence-electron chi connectivity index (χ0n) is 12.2. The summed E-state index contributed by atoms with van der Waals surface area (Å²) < 4.78 is 0. The summed E-state index contributed by atoms with van der Waals surface area (Å²) in [7, 11) is 3.98. The van der Waals surface area contributed by atoms with Crippen molar-refractivity contribution in [2.75, 3.05) is 20.6 Å². The van der Waals surface area contributed by atoms with E-state index in [0.29, 0.717) is 18.5 Å². The first-order chi connectivity index (χ1) is 9.40. The standard InChI is InChI=1S/C15H22N2O3/c1-11(15(19)20)8-9-16-14(18)13-6-4-12(5-7-13)10-17(2)3/h4-7,11H,8-10H2,1-3H3,(H,16,18)(H,19,20). The number of benzene rings is 1. The number of nitrogens with one attached hydrogen (secondary N) is 1. The first-order valence-corrected chi connectivity index (χ1v) is 6.65. The van der Waals surface area contributed by atoms with Crippen molar-refractivity contribution in [3.05, 3.63) is 35.4 Å². The van der Waals surface area contributed by atoms with Gasteiger partial charge < -0.3 is 15.3 Å². The second-order valence-corrected chi connectivity index (χ2v) is 5.22. The van der Waals surface area contributed by atoms with Gasteiger partial charge in [0.2, 0.25) is 0 Å². The van der Waals surface area contributed by atoms with Gasteiger partial charge >= 0.3 is 5.97 Å². The van der Waals surface area contributed by atoms with E-state index < -0.39 is 11.9 Å². The maximum Gasteiger partial charge on any atom is 0.306 e. The van der Waals surface area contributed by atoms with Gasteiger partial charge in [0.25, 0.3) is 5.91 Å². The van der Waals surface area contributed by atoms with E-state index in [4.69, 9.17) is 5.11 Å². The smallest absolute Gasteiger partial charge is 0.306 e. The molecule has 0 heterocycles. The maximum absolute atomic E-state index is 11.9. The van der Waals surface area contributed by atoms with Crippen LogP contribution in [-0.4, -0.2) is 42.5 Å².